The van der Waals surface area contributed by atoms with E-state index >= 15 is 0 Å². The van der Waals surface area contributed by atoms with Crippen molar-refractivity contribution in [2.45, 2.75) is 44.6 Å². The molecule has 3 rings (SSSR count). The summed E-state index contributed by atoms with van der Waals surface area (Å²) in [5.41, 5.74) is 4.41. The minimum atomic E-state index is -0.880. The quantitative estimate of drug-likeness (QED) is 0.610. The van der Waals surface area contributed by atoms with E-state index in [2.05, 4.69) is 21.5 Å². The van der Waals surface area contributed by atoms with E-state index in [1.165, 1.54) is 11.1 Å². The third-order valence-electron chi connectivity index (χ3n) is 4.38. The van der Waals surface area contributed by atoms with E-state index in [-0.39, 0.29) is 0 Å². The van der Waals surface area contributed by atoms with Crippen molar-refractivity contribution in [2.75, 3.05) is 5.75 Å². The van der Waals surface area contributed by atoms with Gasteiger partial charge in [-0.15, -0.1) is 0 Å². The van der Waals surface area contributed by atoms with Crippen LogP contribution in [0, 0.1) is 13.8 Å². The van der Waals surface area contributed by atoms with Crippen LogP contribution in [0.15, 0.2) is 47.8 Å². The molecular formula is C19H23N3OS. The minimum absolute atomic E-state index is 0.733. The van der Waals surface area contributed by atoms with E-state index < -0.39 is 10.8 Å². The summed E-state index contributed by atoms with van der Waals surface area (Å²) in [5.74, 6) is 0.733. The highest BCUT2D eigenvalue weighted by molar-refractivity contribution is 7.85. The molecule has 0 aliphatic rings. The second-order valence-corrected chi connectivity index (χ2v) is 7.63. The molecular weight excluding hydrogens is 318 g/mol. The highest BCUT2D eigenvalue weighted by atomic mass is 32.2. The van der Waals surface area contributed by atoms with Gasteiger partial charge in [-0.05, 0) is 44.4 Å². The van der Waals surface area contributed by atoms with Gasteiger partial charge in [0.2, 0.25) is 0 Å². The lowest BCUT2D eigenvalue weighted by atomic mass is 10.2. The lowest BCUT2D eigenvalue weighted by Gasteiger charge is -2.08. The number of nitrogens with zero attached hydrogens (tertiary/aromatic N) is 3. The monoisotopic (exact) mass is 341 g/mol. The highest BCUT2D eigenvalue weighted by Crippen LogP contribution is 2.19. The van der Waals surface area contributed by atoms with Crippen LogP contribution < -0.4 is 0 Å². The number of hydrogen-bond donors (Lipinski definition) is 0. The van der Waals surface area contributed by atoms with Gasteiger partial charge >= 0.3 is 0 Å². The number of benzene rings is 1. The first-order chi connectivity index (χ1) is 11.7. The Hall–Kier alpha value is -2.01. The molecule has 0 aliphatic heterocycles. The minimum Gasteiger partial charge on any atom is -0.330 e. The molecule has 0 bridgehead atoms. The Labute approximate surface area is 145 Å². The summed E-state index contributed by atoms with van der Waals surface area (Å²) >= 11 is 0. The van der Waals surface area contributed by atoms with Crippen LogP contribution in [0.1, 0.15) is 30.5 Å². The molecule has 24 heavy (non-hydrogen) atoms. The van der Waals surface area contributed by atoms with Gasteiger partial charge in [0.25, 0.3) is 0 Å². The van der Waals surface area contributed by atoms with Gasteiger partial charge < -0.3 is 4.57 Å². The molecule has 0 saturated heterocycles. The summed E-state index contributed by atoms with van der Waals surface area (Å²) in [7, 11) is -0.880. The number of fused-ring (bicyclic) bond motifs is 1. The average molecular weight is 341 g/mol. The number of aromatic nitrogens is 3. The molecule has 0 fully saturated rings. The SMILES string of the molecule is Cc1ncc2ncn(CCCCCS(=O)c3ccccc3)c2c1C. The van der Waals surface area contributed by atoms with Gasteiger partial charge in [-0.1, -0.05) is 24.6 Å². The standard InChI is InChI=1S/C19H23N3OS/c1-15-16(2)20-13-18-19(15)22(14-21-18)11-7-4-8-12-24(23)17-9-5-3-6-10-17/h3,5-6,9-10,13-14H,4,7-8,11-12H2,1-2H3. The molecule has 3 aromatic rings. The predicted octanol–water partition coefficient (Wildman–Crippen LogP) is 4.03. The zero-order chi connectivity index (χ0) is 16.9. The maximum absolute atomic E-state index is 12.2. The molecule has 5 heteroatoms. The van der Waals surface area contributed by atoms with E-state index in [1.54, 1.807) is 0 Å². The van der Waals surface area contributed by atoms with E-state index in [1.807, 2.05) is 49.8 Å². The van der Waals surface area contributed by atoms with Crippen molar-refractivity contribution >= 4 is 21.8 Å². The third kappa shape index (κ3) is 3.73. The summed E-state index contributed by atoms with van der Waals surface area (Å²) in [6.45, 7) is 5.08. The molecule has 0 N–H and O–H groups in total. The predicted molar refractivity (Wildman–Crippen MR) is 98.6 cm³/mol. The molecule has 2 aromatic heterocycles. The molecule has 0 radical (unpaired) electrons. The Kier molecular flexibility index (Phi) is 5.41. The van der Waals surface area contributed by atoms with Crippen molar-refractivity contribution in [1.29, 1.82) is 0 Å². The summed E-state index contributed by atoms with van der Waals surface area (Å²) in [6.07, 6.45) is 6.87. The van der Waals surface area contributed by atoms with Crippen molar-refractivity contribution < 1.29 is 4.21 Å². The Bertz CT molecular complexity index is 842. The number of aryl methyl sites for hydroxylation is 3. The molecule has 0 saturated carbocycles. The van der Waals surface area contributed by atoms with Gasteiger partial charge in [0.1, 0.15) is 5.52 Å². The topological polar surface area (TPSA) is 47.8 Å². The molecule has 1 atom stereocenters. The second kappa shape index (κ2) is 7.71. The highest BCUT2D eigenvalue weighted by Gasteiger charge is 2.08. The Morgan fingerprint density at radius 2 is 1.83 bits per heavy atom. The lowest BCUT2D eigenvalue weighted by molar-refractivity contribution is 0.610. The van der Waals surface area contributed by atoms with Crippen LogP contribution in [-0.2, 0) is 17.3 Å². The molecule has 0 aliphatic carbocycles. The summed E-state index contributed by atoms with van der Waals surface area (Å²) in [6, 6.07) is 9.71. The Balaban J connectivity index is 1.51. The first-order valence-electron chi connectivity index (χ1n) is 8.37. The fourth-order valence-corrected chi connectivity index (χ4v) is 4.04. The number of rotatable bonds is 7. The Morgan fingerprint density at radius 3 is 2.62 bits per heavy atom. The van der Waals surface area contributed by atoms with E-state index in [0.29, 0.717) is 0 Å². The number of unbranched alkanes of at least 4 members (excludes halogenated alkanes) is 2. The Morgan fingerprint density at radius 1 is 1.04 bits per heavy atom. The van der Waals surface area contributed by atoms with Crippen LogP contribution in [0.2, 0.25) is 0 Å². The van der Waals surface area contributed by atoms with Crippen LogP contribution in [-0.4, -0.2) is 24.5 Å². The van der Waals surface area contributed by atoms with Gasteiger partial charge in [-0.25, -0.2) is 4.98 Å². The van der Waals surface area contributed by atoms with E-state index in [0.717, 1.165) is 47.7 Å². The molecule has 2 heterocycles. The zero-order valence-corrected chi connectivity index (χ0v) is 15.1. The molecule has 1 aromatic carbocycles. The van der Waals surface area contributed by atoms with Crippen LogP contribution in [0.25, 0.3) is 11.0 Å². The van der Waals surface area contributed by atoms with Gasteiger partial charge in [-0.3, -0.25) is 9.19 Å². The van der Waals surface area contributed by atoms with Crippen LogP contribution in [0.3, 0.4) is 0 Å². The van der Waals surface area contributed by atoms with Crippen LogP contribution in [0.4, 0.5) is 0 Å². The normalized spacial score (nSPS) is 12.6. The summed E-state index contributed by atoms with van der Waals surface area (Å²) in [5, 5.41) is 0. The molecule has 126 valence electrons. The average Bonchev–Trinajstić information content (AvgIpc) is 3.02. The van der Waals surface area contributed by atoms with Crippen molar-refractivity contribution in [3.63, 3.8) is 0 Å². The first kappa shape index (κ1) is 16.8. The number of imidazole rings is 1. The zero-order valence-electron chi connectivity index (χ0n) is 14.2. The summed E-state index contributed by atoms with van der Waals surface area (Å²) in [4.78, 5) is 9.74. The van der Waals surface area contributed by atoms with E-state index in [9.17, 15) is 4.21 Å². The van der Waals surface area contributed by atoms with Gasteiger partial charge in [-0.2, -0.15) is 0 Å². The fourth-order valence-electron chi connectivity index (χ4n) is 2.88. The van der Waals surface area contributed by atoms with Gasteiger partial charge in [0, 0.05) is 22.9 Å². The molecule has 0 amide bonds. The van der Waals surface area contributed by atoms with Crippen molar-refractivity contribution in [1.82, 2.24) is 14.5 Å². The number of hydrogen-bond acceptors (Lipinski definition) is 3. The first-order valence-corrected chi connectivity index (χ1v) is 9.69. The van der Waals surface area contributed by atoms with Gasteiger partial charge in [0.15, 0.2) is 0 Å². The largest absolute Gasteiger partial charge is 0.330 e. The van der Waals surface area contributed by atoms with E-state index in [4.69, 9.17) is 0 Å². The maximum atomic E-state index is 12.2. The molecule has 0 spiro atoms. The lowest BCUT2D eigenvalue weighted by Crippen LogP contribution is -2.01. The summed E-state index contributed by atoms with van der Waals surface area (Å²) < 4.78 is 14.4. The second-order valence-electron chi connectivity index (χ2n) is 6.06. The van der Waals surface area contributed by atoms with Crippen molar-refractivity contribution in [2.24, 2.45) is 0 Å². The molecule has 4 nitrogen and oxygen atoms in total. The van der Waals surface area contributed by atoms with Crippen molar-refractivity contribution in [3.05, 3.63) is 54.1 Å². The van der Waals surface area contributed by atoms with Crippen molar-refractivity contribution in [3.8, 4) is 0 Å². The maximum Gasteiger partial charge on any atom is 0.107 e. The van der Waals surface area contributed by atoms with Crippen LogP contribution in [0.5, 0.6) is 0 Å². The smallest absolute Gasteiger partial charge is 0.107 e. The molecule has 1 unspecified atom stereocenters. The number of pyridine rings is 1. The fraction of sp³-hybridized carbons (Fsp3) is 0.368. The van der Waals surface area contributed by atoms with Gasteiger partial charge in [0.05, 0.1) is 28.8 Å². The van der Waals surface area contributed by atoms with Crippen LogP contribution >= 0.6 is 0 Å². The third-order valence-corrected chi connectivity index (χ3v) is 5.84.